The lowest BCUT2D eigenvalue weighted by Crippen LogP contribution is -2.43. The van der Waals surface area contributed by atoms with Gasteiger partial charge in [-0.2, -0.15) is 0 Å². The Balaban J connectivity index is 2.13. The summed E-state index contributed by atoms with van der Waals surface area (Å²) in [7, 11) is 0. The minimum atomic E-state index is 0.275. The van der Waals surface area contributed by atoms with E-state index in [2.05, 4.69) is 31.4 Å². The van der Waals surface area contributed by atoms with E-state index in [9.17, 15) is 0 Å². The standard InChI is InChI=1S/C10H22N2/c1-10(2,3)12-8-9-5-4-6-11-7-9/h9,11-12H,4-8H2,1-3H3/t9-/m1/s1. The van der Waals surface area contributed by atoms with Gasteiger partial charge in [-0.05, 0) is 59.2 Å². The molecule has 0 amide bonds. The molecule has 0 radical (unpaired) electrons. The van der Waals surface area contributed by atoms with Crippen molar-refractivity contribution < 1.29 is 0 Å². The van der Waals surface area contributed by atoms with Crippen LogP contribution in [0.25, 0.3) is 0 Å². The van der Waals surface area contributed by atoms with Crippen molar-refractivity contribution in [3.8, 4) is 0 Å². The zero-order valence-corrected chi connectivity index (χ0v) is 8.61. The maximum Gasteiger partial charge on any atom is 0.00966 e. The Bertz CT molecular complexity index is 120. The van der Waals surface area contributed by atoms with E-state index in [0.717, 1.165) is 12.5 Å². The van der Waals surface area contributed by atoms with Gasteiger partial charge in [0.2, 0.25) is 0 Å². The van der Waals surface area contributed by atoms with Gasteiger partial charge in [0, 0.05) is 5.54 Å². The summed E-state index contributed by atoms with van der Waals surface area (Å²) in [6.07, 6.45) is 2.73. The first-order valence-electron chi connectivity index (χ1n) is 5.04. The van der Waals surface area contributed by atoms with Gasteiger partial charge in [0.25, 0.3) is 0 Å². The summed E-state index contributed by atoms with van der Waals surface area (Å²) >= 11 is 0. The molecule has 2 N–H and O–H groups in total. The quantitative estimate of drug-likeness (QED) is 0.654. The summed E-state index contributed by atoms with van der Waals surface area (Å²) in [6, 6.07) is 0. The Morgan fingerprint density at radius 3 is 2.67 bits per heavy atom. The van der Waals surface area contributed by atoms with Gasteiger partial charge in [0.1, 0.15) is 0 Å². The molecule has 0 unspecified atom stereocenters. The first-order valence-corrected chi connectivity index (χ1v) is 5.04. The molecule has 1 aliphatic rings. The number of nitrogens with one attached hydrogen (secondary N) is 2. The highest BCUT2D eigenvalue weighted by molar-refractivity contribution is 4.76. The molecule has 2 heteroatoms. The lowest BCUT2D eigenvalue weighted by atomic mass is 9.98. The fourth-order valence-corrected chi connectivity index (χ4v) is 1.55. The second-order valence-corrected chi connectivity index (χ2v) is 4.84. The molecule has 72 valence electrons. The molecule has 0 aromatic carbocycles. The fraction of sp³-hybridized carbons (Fsp3) is 1.00. The van der Waals surface area contributed by atoms with Gasteiger partial charge >= 0.3 is 0 Å². The monoisotopic (exact) mass is 170 g/mol. The molecule has 1 heterocycles. The summed E-state index contributed by atoms with van der Waals surface area (Å²) in [4.78, 5) is 0. The van der Waals surface area contributed by atoms with E-state index in [4.69, 9.17) is 0 Å². The van der Waals surface area contributed by atoms with Gasteiger partial charge in [-0.15, -0.1) is 0 Å². The smallest absolute Gasteiger partial charge is 0.00966 e. The normalized spacial score (nSPS) is 25.8. The Kier molecular flexibility index (Phi) is 3.53. The van der Waals surface area contributed by atoms with Crippen LogP contribution in [0.5, 0.6) is 0 Å². The van der Waals surface area contributed by atoms with Crippen molar-refractivity contribution >= 4 is 0 Å². The zero-order chi connectivity index (χ0) is 9.03. The molecule has 1 aliphatic heterocycles. The molecule has 1 fully saturated rings. The van der Waals surface area contributed by atoms with Crippen LogP contribution < -0.4 is 10.6 Å². The summed E-state index contributed by atoms with van der Waals surface area (Å²) in [5.41, 5.74) is 0.275. The van der Waals surface area contributed by atoms with Crippen LogP contribution in [0.2, 0.25) is 0 Å². The molecule has 0 saturated carbocycles. The molecule has 0 aliphatic carbocycles. The molecule has 1 atom stereocenters. The highest BCUT2D eigenvalue weighted by Gasteiger charge is 2.15. The highest BCUT2D eigenvalue weighted by atomic mass is 15.0. The van der Waals surface area contributed by atoms with Gasteiger partial charge in [0.05, 0.1) is 0 Å². The van der Waals surface area contributed by atoms with E-state index in [1.54, 1.807) is 0 Å². The Morgan fingerprint density at radius 2 is 2.17 bits per heavy atom. The predicted molar refractivity (Wildman–Crippen MR) is 53.3 cm³/mol. The fourth-order valence-electron chi connectivity index (χ4n) is 1.55. The zero-order valence-electron chi connectivity index (χ0n) is 8.61. The van der Waals surface area contributed by atoms with Gasteiger partial charge in [-0.3, -0.25) is 0 Å². The minimum absolute atomic E-state index is 0.275. The van der Waals surface area contributed by atoms with Gasteiger partial charge in [0.15, 0.2) is 0 Å². The molecular weight excluding hydrogens is 148 g/mol. The second kappa shape index (κ2) is 4.24. The third-order valence-electron chi connectivity index (χ3n) is 2.32. The van der Waals surface area contributed by atoms with Crippen molar-refractivity contribution in [2.24, 2.45) is 5.92 Å². The molecule has 0 aromatic rings. The maximum absolute atomic E-state index is 3.55. The molecule has 1 rings (SSSR count). The van der Waals surface area contributed by atoms with Crippen LogP contribution >= 0.6 is 0 Å². The highest BCUT2D eigenvalue weighted by Crippen LogP contribution is 2.10. The molecule has 0 bridgehead atoms. The van der Waals surface area contributed by atoms with E-state index < -0.39 is 0 Å². The van der Waals surface area contributed by atoms with Gasteiger partial charge < -0.3 is 10.6 Å². The van der Waals surface area contributed by atoms with Crippen LogP contribution in [0, 0.1) is 5.92 Å². The average molecular weight is 170 g/mol. The third-order valence-corrected chi connectivity index (χ3v) is 2.32. The van der Waals surface area contributed by atoms with E-state index in [1.165, 1.54) is 25.9 Å². The summed E-state index contributed by atoms with van der Waals surface area (Å²) in [5.74, 6) is 0.845. The van der Waals surface area contributed by atoms with Crippen LogP contribution in [0.3, 0.4) is 0 Å². The third kappa shape index (κ3) is 4.07. The molecule has 2 nitrogen and oxygen atoms in total. The first kappa shape index (κ1) is 10.0. The number of rotatable bonds is 2. The Labute approximate surface area is 76.1 Å². The Morgan fingerprint density at radius 1 is 1.42 bits per heavy atom. The van der Waals surface area contributed by atoms with E-state index in [-0.39, 0.29) is 5.54 Å². The lowest BCUT2D eigenvalue weighted by Gasteiger charge is -2.28. The summed E-state index contributed by atoms with van der Waals surface area (Å²) < 4.78 is 0. The Hall–Kier alpha value is -0.0800. The van der Waals surface area contributed by atoms with Crippen molar-refractivity contribution in [3.63, 3.8) is 0 Å². The van der Waals surface area contributed by atoms with Gasteiger partial charge in [-0.1, -0.05) is 0 Å². The minimum Gasteiger partial charge on any atom is -0.316 e. The van der Waals surface area contributed by atoms with Crippen molar-refractivity contribution in [1.82, 2.24) is 10.6 Å². The van der Waals surface area contributed by atoms with Crippen LogP contribution in [-0.2, 0) is 0 Å². The average Bonchev–Trinajstić information content (AvgIpc) is 2.02. The second-order valence-electron chi connectivity index (χ2n) is 4.84. The first-order chi connectivity index (χ1) is 5.58. The van der Waals surface area contributed by atoms with Crippen LogP contribution in [0.1, 0.15) is 33.6 Å². The largest absolute Gasteiger partial charge is 0.316 e. The molecular formula is C10H22N2. The number of piperidine rings is 1. The molecule has 0 aromatic heterocycles. The molecule has 1 saturated heterocycles. The van der Waals surface area contributed by atoms with E-state index in [0.29, 0.717) is 0 Å². The number of hydrogen-bond donors (Lipinski definition) is 2. The van der Waals surface area contributed by atoms with Crippen LogP contribution in [0.4, 0.5) is 0 Å². The lowest BCUT2D eigenvalue weighted by molar-refractivity contribution is 0.317. The summed E-state index contributed by atoms with van der Waals surface area (Å²) in [6.45, 7) is 10.3. The number of hydrogen-bond acceptors (Lipinski definition) is 2. The summed E-state index contributed by atoms with van der Waals surface area (Å²) in [5, 5.41) is 6.98. The van der Waals surface area contributed by atoms with E-state index in [1.807, 2.05) is 0 Å². The predicted octanol–water partition coefficient (Wildman–Crippen LogP) is 1.37. The maximum atomic E-state index is 3.55. The van der Waals surface area contributed by atoms with Crippen molar-refractivity contribution in [1.29, 1.82) is 0 Å². The van der Waals surface area contributed by atoms with Crippen LogP contribution in [0.15, 0.2) is 0 Å². The van der Waals surface area contributed by atoms with E-state index >= 15 is 0 Å². The van der Waals surface area contributed by atoms with Crippen molar-refractivity contribution in [2.45, 2.75) is 39.2 Å². The SMILES string of the molecule is CC(C)(C)NC[C@@H]1CCCNC1. The topological polar surface area (TPSA) is 24.1 Å². The van der Waals surface area contributed by atoms with Crippen LogP contribution in [-0.4, -0.2) is 25.2 Å². The van der Waals surface area contributed by atoms with Crippen molar-refractivity contribution in [2.75, 3.05) is 19.6 Å². The molecule has 12 heavy (non-hydrogen) atoms. The molecule has 0 spiro atoms. The van der Waals surface area contributed by atoms with Crippen molar-refractivity contribution in [3.05, 3.63) is 0 Å². The van der Waals surface area contributed by atoms with Gasteiger partial charge in [-0.25, -0.2) is 0 Å².